The highest BCUT2D eigenvalue weighted by molar-refractivity contribution is 6.25. The molecule has 1 nitrogen and oxygen atoms in total. The first-order valence-electron chi connectivity index (χ1n) is 18.8. The normalized spacial score (nSPS) is 11.8. The number of hydrogen-bond acceptors (Lipinski definition) is 1. The fraction of sp³-hybridized carbons (Fsp3) is 0.154. The monoisotopic (exact) mass is 684 g/mol. The van der Waals surface area contributed by atoms with E-state index in [0.717, 1.165) is 16.6 Å². The molecule has 9 aromatic rings. The molecule has 0 fully saturated rings. The topological polar surface area (TPSA) is 13.1 Å². The Morgan fingerprint density at radius 1 is 0.283 bits per heavy atom. The van der Waals surface area contributed by atoms with E-state index in [1.54, 1.807) is 0 Å². The second-order valence-electron chi connectivity index (χ2n) is 15.0. The van der Waals surface area contributed by atoms with Crippen LogP contribution >= 0.6 is 0 Å². The first-order valence-corrected chi connectivity index (χ1v) is 18.8. The van der Waals surface area contributed by atoms with Gasteiger partial charge in [-0.05, 0) is 178 Å². The van der Waals surface area contributed by atoms with E-state index in [1.807, 2.05) is 6.07 Å². The molecule has 8 aromatic carbocycles. The number of fused-ring (bicyclic) bond motifs is 5. The number of hydrogen-bond donors (Lipinski definition) is 0. The minimum atomic E-state index is 0.922. The molecule has 0 saturated carbocycles. The first kappa shape index (κ1) is 33.0. The molecule has 53 heavy (non-hydrogen) atoms. The van der Waals surface area contributed by atoms with Gasteiger partial charge in [0.05, 0.1) is 0 Å². The molecule has 0 aliphatic carbocycles. The van der Waals surface area contributed by atoms with Crippen molar-refractivity contribution in [2.24, 2.45) is 0 Å². The van der Waals surface area contributed by atoms with E-state index in [-0.39, 0.29) is 0 Å². The van der Waals surface area contributed by atoms with Crippen LogP contribution < -0.4 is 0 Å². The maximum atomic E-state index is 6.27. The van der Waals surface area contributed by atoms with Crippen molar-refractivity contribution in [1.82, 2.24) is 0 Å². The molecule has 0 spiro atoms. The zero-order valence-electron chi connectivity index (χ0n) is 32.0. The molecular formula is C52H44O. The molecule has 1 heterocycles. The van der Waals surface area contributed by atoms with Gasteiger partial charge in [-0.2, -0.15) is 0 Å². The van der Waals surface area contributed by atoms with Gasteiger partial charge in [0.1, 0.15) is 11.2 Å². The molecule has 0 N–H and O–H groups in total. The predicted molar refractivity (Wildman–Crippen MR) is 228 cm³/mol. The summed E-state index contributed by atoms with van der Waals surface area (Å²) in [7, 11) is 0. The Kier molecular flexibility index (Phi) is 7.68. The fourth-order valence-electron chi connectivity index (χ4n) is 8.99. The molecule has 0 radical (unpaired) electrons. The third kappa shape index (κ3) is 4.91. The molecule has 0 unspecified atom stereocenters. The van der Waals surface area contributed by atoms with Crippen LogP contribution in [-0.4, -0.2) is 0 Å². The zero-order valence-corrected chi connectivity index (χ0v) is 32.0. The minimum Gasteiger partial charge on any atom is -0.456 e. The van der Waals surface area contributed by atoms with E-state index in [4.69, 9.17) is 4.42 Å². The highest BCUT2D eigenvalue weighted by atomic mass is 16.3. The van der Waals surface area contributed by atoms with Crippen molar-refractivity contribution in [3.63, 3.8) is 0 Å². The molecule has 0 aliphatic heterocycles. The van der Waals surface area contributed by atoms with Gasteiger partial charge >= 0.3 is 0 Å². The molecule has 0 aliphatic rings. The molecule has 1 aromatic heterocycles. The molecule has 9 rings (SSSR count). The Labute approximate surface area is 312 Å². The van der Waals surface area contributed by atoms with Crippen LogP contribution in [0, 0.1) is 55.4 Å². The van der Waals surface area contributed by atoms with Crippen molar-refractivity contribution in [1.29, 1.82) is 0 Å². The van der Waals surface area contributed by atoms with Crippen LogP contribution in [0.25, 0.3) is 88.0 Å². The number of rotatable bonds is 4. The molecule has 0 amide bonds. The largest absolute Gasteiger partial charge is 0.456 e. The Balaban J connectivity index is 1.36. The van der Waals surface area contributed by atoms with Gasteiger partial charge in [0.15, 0.2) is 0 Å². The van der Waals surface area contributed by atoms with Gasteiger partial charge in [-0.1, -0.05) is 109 Å². The van der Waals surface area contributed by atoms with Gasteiger partial charge in [-0.15, -0.1) is 0 Å². The summed E-state index contributed by atoms with van der Waals surface area (Å²) >= 11 is 0. The van der Waals surface area contributed by atoms with Gasteiger partial charge in [-0.25, -0.2) is 0 Å². The second-order valence-corrected chi connectivity index (χ2v) is 15.0. The molecule has 0 atom stereocenters. The van der Waals surface area contributed by atoms with Crippen LogP contribution in [0.2, 0.25) is 0 Å². The standard InChI is InChI=1S/C52H44O/c1-29-31(3)35(7)48-46(33(29)5)50(40-25-21-38(22-26-40)37-15-10-9-11-16-37)47-34(6)30(2)32(4)36(8)49(47)51(48)41-27-23-39(24-28-41)42-18-14-20-45-52(42)43-17-12-13-19-44(43)53-45/h9-28H,1-8H3. The van der Waals surface area contributed by atoms with Gasteiger partial charge < -0.3 is 4.42 Å². The quantitative estimate of drug-likeness (QED) is 0.168. The highest BCUT2D eigenvalue weighted by Gasteiger charge is 2.26. The van der Waals surface area contributed by atoms with Crippen molar-refractivity contribution in [3.8, 4) is 44.5 Å². The number of benzene rings is 8. The van der Waals surface area contributed by atoms with Gasteiger partial charge in [0.2, 0.25) is 0 Å². The SMILES string of the molecule is Cc1c(C)c(C)c2c(-c3ccc(-c4cccc5oc6ccccc6c45)cc3)c3c(C)c(C)c(C)c(C)c3c(-c3ccc(-c4ccccc4)cc3)c2c1C. The van der Waals surface area contributed by atoms with Gasteiger partial charge in [0, 0.05) is 10.8 Å². The molecule has 0 bridgehead atoms. The van der Waals surface area contributed by atoms with E-state index in [1.165, 1.54) is 116 Å². The summed E-state index contributed by atoms with van der Waals surface area (Å²) in [6.07, 6.45) is 0. The van der Waals surface area contributed by atoms with Crippen LogP contribution in [0.1, 0.15) is 44.5 Å². The maximum absolute atomic E-state index is 6.27. The van der Waals surface area contributed by atoms with E-state index in [0.29, 0.717) is 0 Å². The minimum absolute atomic E-state index is 0.922. The average Bonchev–Trinajstić information content (AvgIpc) is 3.59. The van der Waals surface area contributed by atoms with Crippen molar-refractivity contribution < 1.29 is 4.42 Å². The van der Waals surface area contributed by atoms with Crippen LogP contribution in [-0.2, 0) is 0 Å². The Hall–Kier alpha value is -5.92. The van der Waals surface area contributed by atoms with Crippen molar-refractivity contribution in [2.45, 2.75) is 55.4 Å². The Bertz CT molecular complexity index is 2840. The lowest BCUT2D eigenvalue weighted by Gasteiger charge is -2.27. The Morgan fingerprint density at radius 3 is 1.19 bits per heavy atom. The van der Waals surface area contributed by atoms with Crippen LogP contribution in [0.3, 0.4) is 0 Å². The van der Waals surface area contributed by atoms with Crippen LogP contribution in [0.5, 0.6) is 0 Å². The lowest BCUT2D eigenvalue weighted by atomic mass is 9.76. The number of aryl methyl sites for hydroxylation is 4. The highest BCUT2D eigenvalue weighted by Crippen LogP contribution is 2.51. The summed E-state index contributed by atoms with van der Waals surface area (Å²) in [6, 6.07) is 44.1. The fourth-order valence-corrected chi connectivity index (χ4v) is 8.99. The number of para-hydroxylation sites is 1. The first-order chi connectivity index (χ1) is 25.7. The van der Waals surface area contributed by atoms with Crippen LogP contribution in [0.4, 0.5) is 0 Å². The smallest absolute Gasteiger partial charge is 0.136 e. The van der Waals surface area contributed by atoms with Gasteiger partial charge in [-0.3, -0.25) is 0 Å². The third-order valence-electron chi connectivity index (χ3n) is 12.5. The lowest BCUT2D eigenvalue weighted by Crippen LogP contribution is -2.03. The lowest BCUT2D eigenvalue weighted by molar-refractivity contribution is 0.669. The molecular weight excluding hydrogens is 641 g/mol. The number of furan rings is 1. The predicted octanol–water partition coefficient (Wildman–Crippen LogP) is 15.0. The van der Waals surface area contributed by atoms with E-state index in [2.05, 4.69) is 171 Å². The van der Waals surface area contributed by atoms with E-state index < -0.39 is 0 Å². The molecule has 258 valence electrons. The van der Waals surface area contributed by atoms with Crippen molar-refractivity contribution in [3.05, 3.63) is 166 Å². The molecule has 1 heteroatoms. The van der Waals surface area contributed by atoms with E-state index in [9.17, 15) is 0 Å². The average molecular weight is 685 g/mol. The summed E-state index contributed by atoms with van der Waals surface area (Å²) in [4.78, 5) is 0. The summed E-state index contributed by atoms with van der Waals surface area (Å²) in [5.41, 5.74) is 22.8. The van der Waals surface area contributed by atoms with Crippen molar-refractivity contribution >= 4 is 43.5 Å². The maximum Gasteiger partial charge on any atom is 0.136 e. The van der Waals surface area contributed by atoms with Crippen LogP contribution in [0.15, 0.2) is 126 Å². The van der Waals surface area contributed by atoms with E-state index >= 15 is 0 Å². The second kappa shape index (κ2) is 12.3. The molecule has 0 saturated heterocycles. The van der Waals surface area contributed by atoms with Crippen molar-refractivity contribution in [2.75, 3.05) is 0 Å². The summed E-state index contributed by atoms with van der Waals surface area (Å²) in [5.74, 6) is 0. The Morgan fingerprint density at radius 2 is 0.679 bits per heavy atom. The summed E-state index contributed by atoms with van der Waals surface area (Å²) in [6.45, 7) is 18.6. The van der Waals surface area contributed by atoms with Gasteiger partial charge in [0.25, 0.3) is 0 Å². The third-order valence-corrected chi connectivity index (χ3v) is 12.5. The summed E-state index contributed by atoms with van der Waals surface area (Å²) < 4.78 is 6.27. The summed E-state index contributed by atoms with van der Waals surface area (Å²) in [5, 5.41) is 7.78. The zero-order chi connectivity index (χ0) is 36.7.